The first-order valence-corrected chi connectivity index (χ1v) is 7.89. The summed E-state index contributed by atoms with van der Waals surface area (Å²) in [6.45, 7) is 2.08. The molecule has 2 rings (SSSR count). The Balaban J connectivity index is 2.48. The minimum absolute atomic E-state index is 0.588. The Morgan fingerprint density at radius 1 is 1.10 bits per heavy atom. The molecule has 0 atom stereocenters. The molecule has 1 nitrogen and oxygen atoms in total. The van der Waals surface area contributed by atoms with Crippen LogP contribution in [0.15, 0.2) is 42.7 Å². The Labute approximate surface area is 126 Å². The van der Waals surface area contributed by atoms with Crippen LogP contribution in [-0.4, -0.2) is 6.26 Å². The van der Waals surface area contributed by atoms with Gasteiger partial charge in [0.2, 0.25) is 0 Å². The zero-order chi connectivity index (χ0) is 15.5. The number of benzene rings is 1. The quantitative estimate of drug-likeness (QED) is 0.738. The van der Waals surface area contributed by atoms with Crippen molar-refractivity contribution >= 4 is 11.9 Å². The van der Waals surface area contributed by atoms with Gasteiger partial charge in [0, 0.05) is 17.4 Å². The van der Waals surface area contributed by atoms with Gasteiger partial charge in [-0.2, -0.15) is 13.2 Å². The van der Waals surface area contributed by atoms with Crippen LogP contribution in [0.4, 0.5) is 13.2 Å². The summed E-state index contributed by atoms with van der Waals surface area (Å²) in [7, 11) is 0. The van der Waals surface area contributed by atoms with E-state index in [1.54, 1.807) is 6.07 Å². The molecular weight excluding hydrogens is 295 g/mol. The molecule has 0 saturated carbocycles. The molecule has 5 heteroatoms. The van der Waals surface area contributed by atoms with Crippen LogP contribution in [0, 0.1) is 0 Å². The Hall–Kier alpha value is -1.49. The number of aryl methyl sites for hydroxylation is 1. The van der Waals surface area contributed by atoms with Gasteiger partial charge in [0.1, 0.15) is 0 Å². The van der Waals surface area contributed by atoms with E-state index in [1.807, 2.05) is 28.7 Å². The third-order valence-corrected chi connectivity index (χ3v) is 3.81. The van der Waals surface area contributed by atoms with Gasteiger partial charge in [-0.15, -0.1) is 3.97 Å². The van der Waals surface area contributed by atoms with E-state index in [1.165, 1.54) is 24.1 Å². The fourth-order valence-corrected chi connectivity index (χ4v) is 2.64. The molecule has 0 aliphatic carbocycles. The van der Waals surface area contributed by atoms with Crippen molar-refractivity contribution in [2.24, 2.45) is 0 Å². The highest BCUT2D eigenvalue weighted by Crippen LogP contribution is 2.32. The van der Waals surface area contributed by atoms with E-state index in [-0.39, 0.29) is 0 Å². The van der Waals surface area contributed by atoms with Gasteiger partial charge >= 0.3 is 6.18 Å². The number of hydrogen-bond acceptors (Lipinski definition) is 1. The first kappa shape index (κ1) is 15.9. The molecule has 1 aromatic carbocycles. The van der Waals surface area contributed by atoms with Gasteiger partial charge in [0.15, 0.2) is 24.3 Å². The lowest BCUT2D eigenvalue weighted by atomic mass is 10.0. The molecule has 112 valence electrons. The third-order valence-electron chi connectivity index (χ3n) is 3.17. The Morgan fingerprint density at radius 2 is 1.86 bits per heavy atom. The van der Waals surface area contributed by atoms with E-state index in [0.717, 1.165) is 30.0 Å². The van der Waals surface area contributed by atoms with Crippen LogP contribution in [0.5, 0.6) is 0 Å². The maximum Gasteiger partial charge on any atom is 0.416 e. The van der Waals surface area contributed by atoms with E-state index in [4.69, 9.17) is 0 Å². The van der Waals surface area contributed by atoms with Crippen molar-refractivity contribution in [3.63, 3.8) is 0 Å². The first-order chi connectivity index (χ1) is 9.94. The number of halogens is 3. The van der Waals surface area contributed by atoms with Crippen molar-refractivity contribution < 1.29 is 17.1 Å². The lowest BCUT2D eigenvalue weighted by molar-refractivity contribution is -0.493. The molecule has 21 heavy (non-hydrogen) atoms. The predicted octanol–water partition coefficient (Wildman–Crippen LogP) is 4.74. The van der Waals surface area contributed by atoms with Crippen LogP contribution in [0.25, 0.3) is 11.1 Å². The Bertz CT molecular complexity index is 623. The van der Waals surface area contributed by atoms with Crippen molar-refractivity contribution in [1.29, 1.82) is 0 Å². The maximum absolute atomic E-state index is 12.8. The van der Waals surface area contributed by atoms with Crippen LogP contribution in [-0.2, 0) is 12.6 Å². The van der Waals surface area contributed by atoms with Gasteiger partial charge in [-0.25, -0.2) is 0 Å². The summed E-state index contributed by atoms with van der Waals surface area (Å²) in [6, 6.07) is 7.43. The maximum atomic E-state index is 12.8. The summed E-state index contributed by atoms with van der Waals surface area (Å²) >= 11 is 1.52. The van der Waals surface area contributed by atoms with E-state index < -0.39 is 11.7 Å². The van der Waals surface area contributed by atoms with Crippen LogP contribution in [0.1, 0.15) is 24.5 Å². The Morgan fingerprint density at radius 3 is 2.48 bits per heavy atom. The highest BCUT2D eigenvalue weighted by atomic mass is 32.2. The zero-order valence-corrected chi connectivity index (χ0v) is 12.8. The standard InChI is InChI=1S/C16H17F3NS/c1-3-5-12-8-14(11-20(10-12)21-2)13-6-4-7-15(9-13)16(17,18)19/h4,6-11H,3,5H2,1-2H3/q+1. The largest absolute Gasteiger partial charge is 0.416 e. The number of hydrogen-bond donors (Lipinski definition) is 0. The molecular formula is C16H17F3NS+. The highest BCUT2D eigenvalue weighted by Gasteiger charge is 2.30. The smallest absolute Gasteiger partial charge is 0.166 e. The second-order valence-corrected chi connectivity index (χ2v) is 5.59. The molecule has 0 bridgehead atoms. The molecule has 2 aromatic rings. The fraction of sp³-hybridized carbons (Fsp3) is 0.312. The summed E-state index contributed by atoms with van der Waals surface area (Å²) in [5, 5.41) is 0. The summed E-state index contributed by atoms with van der Waals surface area (Å²) in [4.78, 5) is 0. The minimum atomic E-state index is -4.31. The monoisotopic (exact) mass is 312 g/mol. The average molecular weight is 312 g/mol. The molecule has 0 N–H and O–H groups in total. The molecule has 0 amide bonds. The number of pyridine rings is 1. The van der Waals surface area contributed by atoms with E-state index >= 15 is 0 Å². The van der Waals surface area contributed by atoms with Crippen LogP contribution in [0.3, 0.4) is 0 Å². The fourth-order valence-electron chi connectivity index (χ4n) is 2.18. The molecule has 1 heterocycles. The second kappa shape index (κ2) is 6.52. The van der Waals surface area contributed by atoms with Gasteiger partial charge < -0.3 is 0 Å². The van der Waals surface area contributed by atoms with E-state index in [0.29, 0.717) is 5.56 Å². The minimum Gasteiger partial charge on any atom is -0.166 e. The topological polar surface area (TPSA) is 3.88 Å². The number of aromatic nitrogens is 1. The summed E-state index contributed by atoms with van der Waals surface area (Å²) in [6.07, 6.45) is 3.41. The predicted molar refractivity (Wildman–Crippen MR) is 80.0 cm³/mol. The van der Waals surface area contributed by atoms with Crippen molar-refractivity contribution in [3.8, 4) is 11.1 Å². The summed E-state index contributed by atoms with van der Waals surface area (Å²) < 4.78 is 40.4. The third kappa shape index (κ3) is 4.00. The van der Waals surface area contributed by atoms with Crippen molar-refractivity contribution in [1.82, 2.24) is 0 Å². The number of nitrogens with zero attached hydrogens (tertiary/aromatic N) is 1. The van der Waals surface area contributed by atoms with Crippen molar-refractivity contribution in [3.05, 3.63) is 53.9 Å². The summed E-state index contributed by atoms with van der Waals surface area (Å²) in [5.74, 6) is 0. The number of alkyl halides is 3. The summed E-state index contributed by atoms with van der Waals surface area (Å²) in [5.41, 5.74) is 1.91. The normalized spacial score (nSPS) is 11.7. The molecule has 0 unspecified atom stereocenters. The number of rotatable bonds is 4. The highest BCUT2D eigenvalue weighted by molar-refractivity contribution is 7.92. The van der Waals surface area contributed by atoms with Gasteiger partial charge in [0.25, 0.3) is 0 Å². The lowest BCUT2D eigenvalue weighted by Gasteiger charge is -2.09. The van der Waals surface area contributed by atoms with Gasteiger partial charge in [-0.1, -0.05) is 25.5 Å². The average Bonchev–Trinajstić information content (AvgIpc) is 2.46. The molecule has 1 aromatic heterocycles. The van der Waals surface area contributed by atoms with Crippen molar-refractivity contribution in [2.45, 2.75) is 25.9 Å². The van der Waals surface area contributed by atoms with E-state index in [9.17, 15) is 13.2 Å². The van der Waals surface area contributed by atoms with Crippen LogP contribution in [0.2, 0.25) is 0 Å². The second-order valence-electron chi connectivity index (χ2n) is 4.80. The SMILES string of the molecule is CCCc1cc(-c2cccc(C(F)(F)F)c2)c[n+](SC)c1. The molecule has 0 spiro atoms. The van der Waals surface area contributed by atoms with Gasteiger partial charge in [-0.05, 0) is 30.2 Å². The zero-order valence-electron chi connectivity index (χ0n) is 11.9. The van der Waals surface area contributed by atoms with Crippen LogP contribution >= 0.6 is 11.9 Å². The van der Waals surface area contributed by atoms with E-state index in [2.05, 4.69) is 6.92 Å². The molecule has 0 radical (unpaired) electrons. The van der Waals surface area contributed by atoms with Crippen molar-refractivity contribution in [2.75, 3.05) is 6.26 Å². The molecule has 0 fully saturated rings. The van der Waals surface area contributed by atoms with Gasteiger partial charge in [0.05, 0.1) is 5.56 Å². The van der Waals surface area contributed by atoms with Gasteiger partial charge in [-0.3, -0.25) is 0 Å². The molecule has 0 aliphatic heterocycles. The Kier molecular flexibility index (Phi) is 4.93. The lowest BCUT2D eigenvalue weighted by Crippen LogP contribution is -2.24. The van der Waals surface area contributed by atoms with Crippen LogP contribution < -0.4 is 3.97 Å². The first-order valence-electron chi connectivity index (χ1n) is 6.71. The molecule has 0 saturated heterocycles. The molecule has 0 aliphatic rings.